The lowest BCUT2D eigenvalue weighted by atomic mass is 10.3. The second-order valence-electron chi connectivity index (χ2n) is 4.11. The maximum Gasteiger partial charge on any atom is 0.240 e. The zero-order chi connectivity index (χ0) is 15.5. The van der Waals surface area contributed by atoms with E-state index >= 15 is 0 Å². The van der Waals surface area contributed by atoms with Gasteiger partial charge in [0.15, 0.2) is 0 Å². The summed E-state index contributed by atoms with van der Waals surface area (Å²) in [5.41, 5.74) is 0.664. The lowest BCUT2D eigenvalue weighted by Crippen LogP contribution is -2.23. The molecule has 1 heterocycles. The molecule has 0 spiro atoms. The number of hydrogen-bond donors (Lipinski definition) is 1. The second kappa shape index (κ2) is 6.50. The van der Waals surface area contributed by atoms with E-state index < -0.39 is 15.8 Å². The van der Waals surface area contributed by atoms with Crippen LogP contribution in [0.5, 0.6) is 5.88 Å². The fraction of sp³-hybridized carbons (Fsp3) is 0.154. The maximum atomic E-state index is 13.4. The Morgan fingerprint density at radius 2 is 2.10 bits per heavy atom. The van der Waals surface area contributed by atoms with Crippen molar-refractivity contribution in [1.82, 2.24) is 9.71 Å². The molecule has 8 heteroatoms. The molecule has 1 N–H and O–H groups in total. The number of sulfonamides is 1. The molecule has 1 aromatic carbocycles. The van der Waals surface area contributed by atoms with Crippen molar-refractivity contribution in [3.8, 4) is 5.88 Å². The first-order valence-electron chi connectivity index (χ1n) is 5.86. The van der Waals surface area contributed by atoms with Gasteiger partial charge in [-0.1, -0.05) is 6.07 Å². The minimum atomic E-state index is -3.78. The number of ether oxygens (including phenoxy) is 1. The van der Waals surface area contributed by atoms with Gasteiger partial charge in [-0.2, -0.15) is 0 Å². The molecule has 0 atom stereocenters. The molecule has 2 aromatic rings. The van der Waals surface area contributed by atoms with Gasteiger partial charge in [-0.3, -0.25) is 0 Å². The van der Waals surface area contributed by atoms with Crippen LogP contribution in [0.15, 0.2) is 45.9 Å². The largest absolute Gasteiger partial charge is 0.481 e. The molecule has 0 aliphatic carbocycles. The predicted octanol–water partition coefficient (Wildman–Crippen LogP) is 2.47. The van der Waals surface area contributed by atoms with Gasteiger partial charge in [0.1, 0.15) is 5.82 Å². The normalized spacial score (nSPS) is 11.4. The van der Waals surface area contributed by atoms with Gasteiger partial charge in [-0.15, -0.1) is 0 Å². The highest BCUT2D eigenvalue weighted by Gasteiger charge is 2.15. The number of aromatic nitrogens is 1. The summed E-state index contributed by atoms with van der Waals surface area (Å²) in [6, 6.07) is 6.94. The van der Waals surface area contributed by atoms with E-state index in [1.165, 1.54) is 25.4 Å². The van der Waals surface area contributed by atoms with E-state index in [4.69, 9.17) is 4.74 Å². The van der Waals surface area contributed by atoms with Crippen LogP contribution in [-0.2, 0) is 16.6 Å². The molecule has 0 radical (unpaired) electrons. The Balaban J connectivity index is 2.11. The van der Waals surface area contributed by atoms with Gasteiger partial charge in [-0.25, -0.2) is 22.5 Å². The summed E-state index contributed by atoms with van der Waals surface area (Å²) >= 11 is 2.98. The van der Waals surface area contributed by atoms with Crippen molar-refractivity contribution in [3.63, 3.8) is 0 Å². The van der Waals surface area contributed by atoms with Gasteiger partial charge < -0.3 is 4.74 Å². The Morgan fingerprint density at radius 1 is 1.33 bits per heavy atom. The molecule has 0 bridgehead atoms. The quantitative estimate of drug-likeness (QED) is 0.872. The number of benzene rings is 1. The van der Waals surface area contributed by atoms with Gasteiger partial charge in [0, 0.05) is 18.8 Å². The second-order valence-corrected chi connectivity index (χ2v) is 6.73. The van der Waals surface area contributed by atoms with E-state index in [0.717, 1.165) is 6.07 Å². The van der Waals surface area contributed by atoms with Crippen molar-refractivity contribution < 1.29 is 17.5 Å². The molecule has 0 amide bonds. The van der Waals surface area contributed by atoms with Gasteiger partial charge >= 0.3 is 0 Å². The van der Waals surface area contributed by atoms with Crippen LogP contribution in [0.4, 0.5) is 4.39 Å². The standard InChI is InChI=1S/C13H12BrFN2O3S/c1-20-13-5-2-9(7-16-13)8-17-21(18,19)10-3-4-11(14)12(15)6-10/h2-7,17H,8H2,1H3. The molecule has 112 valence electrons. The fourth-order valence-electron chi connectivity index (χ4n) is 1.54. The number of methoxy groups -OCH3 is 1. The summed E-state index contributed by atoms with van der Waals surface area (Å²) in [5.74, 6) is -0.194. The molecule has 5 nitrogen and oxygen atoms in total. The van der Waals surface area contributed by atoms with E-state index in [2.05, 4.69) is 25.6 Å². The smallest absolute Gasteiger partial charge is 0.240 e. The first-order chi connectivity index (χ1) is 9.92. The number of rotatable bonds is 5. The summed E-state index contributed by atoms with van der Waals surface area (Å²) in [6.45, 7) is 0.0526. The van der Waals surface area contributed by atoms with Gasteiger partial charge in [-0.05, 0) is 39.7 Å². The van der Waals surface area contributed by atoms with E-state index in [9.17, 15) is 12.8 Å². The molecule has 2 rings (SSSR count). The van der Waals surface area contributed by atoms with Crippen LogP contribution in [0, 0.1) is 5.82 Å². The number of nitrogens with zero attached hydrogens (tertiary/aromatic N) is 1. The maximum absolute atomic E-state index is 13.4. The summed E-state index contributed by atoms with van der Waals surface area (Å²) in [6.07, 6.45) is 1.50. The van der Waals surface area contributed by atoms with E-state index in [0.29, 0.717) is 11.4 Å². The van der Waals surface area contributed by atoms with E-state index in [-0.39, 0.29) is 15.9 Å². The summed E-state index contributed by atoms with van der Waals surface area (Å²) in [7, 11) is -2.29. The van der Waals surface area contributed by atoms with Crippen molar-refractivity contribution in [2.24, 2.45) is 0 Å². The third-order valence-electron chi connectivity index (χ3n) is 2.67. The number of pyridine rings is 1. The summed E-state index contributed by atoms with van der Waals surface area (Å²) in [5, 5.41) is 0. The highest BCUT2D eigenvalue weighted by molar-refractivity contribution is 9.10. The molecule has 0 aliphatic heterocycles. The Bertz CT molecular complexity index is 736. The highest BCUT2D eigenvalue weighted by atomic mass is 79.9. The topological polar surface area (TPSA) is 68.3 Å². The Hall–Kier alpha value is -1.51. The van der Waals surface area contributed by atoms with E-state index in [1.807, 2.05) is 0 Å². The van der Waals surface area contributed by atoms with Crippen LogP contribution in [0.3, 0.4) is 0 Å². The molecule has 0 saturated carbocycles. The van der Waals surface area contributed by atoms with Crippen LogP contribution in [0.2, 0.25) is 0 Å². The molecule has 1 aromatic heterocycles. The Labute approximate surface area is 130 Å². The highest BCUT2D eigenvalue weighted by Crippen LogP contribution is 2.19. The number of nitrogens with one attached hydrogen (secondary N) is 1. The molecular formula is C13H12BrFN2O3S. The van der Waals surface area contributed by atoms with Crippen LogP contribution < -0.4 is 9.46 Å². The van der Waals surface area contributed by atoms with Crippen LogP contribution in [0.25, 0.3) is 0 Å². The Kier molecular flexibility index (Phi) is 4.92. The first kappa shape index (κ1) is 15.9. The lowest BCUT2D eigenvalue weighted by molar-refractivity contribution is 0.397. The van der Waals surface area contributed by atoms with Crippen LogP contribution >= 0.6 is 15.9 Å². The summed E-state index contributed by atoms with van der Waals surface area (Å²) < 4.78 is 45.0. The molecule has 0 unspecified atom stereocenters. The zero-order valence-electron chi connectivity index (χ0n) is 11.0. The van der Waals surface area contributed by atoms with Gasteiger partial charge in [0.25, 0.3) is 0 Å². The SMILES string of the molecule is COc1ccc(CNS(=O)(=O)c2ccc(Br)c(F)c2)cn1. The molecule has 0 saturated heterocycles. The van der Waals surface area contributed by atoms with Crippen molar-refractivity contribution in [2.45, 2.75) is 11.4 Å². The molecule has 0 fully saturated rings. The zero-order valence-corrected chi connectivity index (χ0v) is 13.4. The fourth-order valence-corrected chi connectivity index (χ4v) is 2.82. The Morgan fingerprint density at radius 3 is 2.67 bits per heavy atom. The average Bonchev–Trinajstić information content (AvgIpc) is 2.48. The minimum Gasteiger partial charge on any atom is -0.481 e. The van der Waals surface area contributed by atoms with Crippen molar-refractivity contribution >= 4 is 26.0 Å². The molecule has 0 aliphatic rings. The predicted molar refractivity (Wildman–Crippen MR) is 78.9 cm³/mol. The lowest BCUT2D eigenvalue weighted by Gasteiger charge is -2.07. The van der Waals surface area contributed by atoms with Crippen molar-refractivity contribution in [1.29, 1.82) is 0 Å². The van der Waals surface area contributed by atoms with Crippen LogP contribution in [0.1, 0.15) is 5.56 Å². The molecule has 21 heavy (non-hydrogen) atoms. The van der Waals surface area contributed by atoms with Crippen LogP contribution in [-0.4, -0.2) is 20.5 Å². The van der Waals surface area contributed by atoms with E-state index in [1.54, 1.807) is 12.1 Å². The minimum absolute atomic E-state index is 0.0526. The van der Waals surface area contributed by atoms with Crippen molar-refractivity contribution in [2.75, 3.05) is 7.11 Å². The third kappa shape index (κ3) is 3.99. The number of halogens is 2. The number of hydrogen-bond acceptors (Lipinski definition) is 4. The summed E-state index contributed by atoms with van der Waals surface area (Å²) in [4.78, 5) is 3.84. The third-order valence-corrected chi connectivity index (χ3v) is 4.72. The average molecular weight is 375 g/mol. The van der Waals surface area contributed by atoms with Gasteiger partial charge in [0.05, 0.1) is 16.5 Å². The molecular weight excluding hydrogens is 363 g/mol. The monoisotopic (exact) mass is 374 g/mol. The first-order valence-corrected chi connectivity index (χ1v) is 8.13. The van der Waals surface area contributed by atoms with Gasteiger partial charge in [0.2, 0.25) is 15.9 Å². The van der Waals surface area contributed by atoms with Crippen molar-refractivity contribution in [3.05, 3.63) is 52.4 Å².